The van der Waals surface area contributed by atoms with Crippen LogP contribution in [0.4, 0.5) is 0 Å². The van der Waals surface area contributed by atoms with E-state index in [0.717, 1.165) is 31.1 Å². The molecule has 18 heavy (non-hydrogen) atoms. The summed E-state index contributed by atoms with van der Waals surface area (Å²) in [4.78, 5) is 17.7. The lowest BCUT2D eigenvalue weighted by Gasteiger charge is -2.26. The average molecular weight is 266 g/mol. The number of ketones is 1. The van der Waals surface area contributed by atoms with Crippen molar-refractivity contribution in [3.05, 3.63) is 22.4 Å². The Hall–Kier alpha value is -0.710. The molecule has 0 N–H and O–H groups in total. The number of hydrogen-bond donors (Lipinski definition) is 0. The molecule has 1 saturated heterocycles. The number of rotatable bonds is 6. The fourth-order valence-electron chi connectivity index (χ4n) is 2.71. The largest absolute Gasteiger partial charge is 0.300 e. The van der Waals surface area contributed by atoms with E-state index in [1.165, 1.54) is 6.42 Å². The maximum absolute atomic E-state index is 12.0. The Kier molecular flexibility index (Phi) is 4.92. The van der Waals surface area contributed by atoms with Crippen LogP contribution in [-0.2, 0) is 0 Å². The third-order valence-corrected chi connectivity index (χ3v) is 4.65. The van der Waals surface area contributed by atoms with Gasteiger partial charge in [0.2, 0.25) is 0 Å². The molecule has 1 atom stereocenters. The number of likely N-dealkylation sites (N-methyl/N-ethyl adjacent to an activating group) is 1. The van der Waals surface area contributed by atoms with E-state index in [-0.39, 0.29) is 5.78 Å². The van der Waals surface area contributed by atoms with Crippen LogP contribution in [0, 0.1) is 0 Å². The van der Waals surface area contributed by atoms with Gasteiger partial charge < -0.3 is 0 Å². The van der Waals surface area contributed by atoms with E-state index in [1.54, 1.807) is 11.3 Å². The van der Waals surface area contributed by atoms with Gasteiger partial charge in [0, 0.05) is 19.1 Å². The Morgan fingerprint density at radius 3 is 2.89 bits per heavy atom. The second-order valence-corrected chi connectivity index (χ2v) is 5.75. The normalized spacial score (nSPS) is 20.7. The molecule has 100 valence electrons. The summed E-state index contributed by atoms with van der Waals surface area (Å²) in [5, 5.41) is 1.97. The predicted octanol–water partition coefficient (Wildman–Crippen LogP) is 2.35. The lowest BCUT2D eigenvalue weighted by Crippen LogP contribution is -2.38. The van der Waals surface area contributed by atoms with Gasteiger partial charge in [-0.2, -0.15) is 0 Å². The summed E-state index contributed by atoms with van der Waals surface area (Å²) in [6.45, 7) is 9.31. The van der Waals surface area contributed by atoms with Gasteiger partial charge in [0.1, 0.15) is 0 Å². The third-order valence-electron chi connectivity index (χ3n) is 3.74. The van der Waals surface area contributed by atoms with Gasteiger partial charge in [-0.25, -0.2) is 0 Å². The van der Waals surface area contributed by atoms with Crippen LogP contribution < -0.4 is 0 Å². The fraction of sp³-hybridized carbons (Fsp3) is 0.643. The molecule has 1 aromatic rings. The number of nitrogens with zero attached hydrogens (tertiary/aromatic N) is 2. The van der Waals surface area contributed by atoms with Gasteiger partial charge in [0.15, 0.2) is 5.78 Å². The summed E-state index contributed by atoms with van der Waals surface area (Å²) in [5.74, 6) is 0.269. The molecule has 0 bridgehead atoms. The highest BCUT2D eigenvalue weighted by atomic mass is 32.1. The first-order valence-corrected chi connectivity index (χ1v) is 7.65. The molecule has 0 aromatic carbocycles. The van der Waals surface area contributed by atoms with E-state index in [4.69, 9.17) is 0 Å². The van der Waals surface area contributed by atoms with Crippen LogP contribution in [0.25, 0.3) is 0 Å². The maximum Gasteiger partial charge on any atom is 0.186 e. The van der Waals surface area contributed by atoms with Crippen LogP contribution in [0.2, 0.25) is 0 Å². The summed E-state index contributed by atoms with van der Waals surface area (Å²) in [6, 6.07) is 4.50. The van der Waals surface area contributed by atoms with Crippen molar-refractivity contribution in [3.63, 3.8) is 0 Å². The van der Waals surface area contributed by atoms with E-state index in [1.807, 2.05) is 17.5 Å². The molecule has 0 radical (unpaired) electrons. The minimum atomic E-state index is 0.269. The van der Waals surface area contributed by atoms with Gasteiger partial charge in [-0.3, -0.25) is 14.6 Å². The zero-order valence-corrected chi connectivity index (χ0v) is 12.1. The predicted molar refractivity (Wildman–Crippen MR) is 76.4 cm³/mol. The van der Waals surface area contributed by atoms with Crippen molar-refractivity contribution in [2.24, 2.45) is 0 Å². The standard InChI is InChI=1S/C14H22N2OS/c1-3-16(4-2)12-7-8-15(10-12)11-13(17)14-6-5-9-18-14/h5-6,9,12H,3-4,7-8,10-11H2,1-2H3. The molecule has 4 heteroatoms. The SMILES string of the molecule is CCN(CC)C1CCN(CC(=O)c2cccs2)C1. The molecule has 0 saturated carbocycles. The molecule has 1 aliphatic heterocycles. The quantitative estimate of drug-likeness (QED) is 0.738. The second kappa shape index (κ2) is 6.45. The van der Waals surface area contributed by atoms with Crippen LogP contribution >= 0.6 is 11.3 Å². The lowest BCUT2D eigenvalue weighted by atomic mass is 10.2. The molecule has 1 aliphatic rings. The molecule has 0 spiro atoms. The Morgan fingerprint density at radius 1 is 1.50 bits per heavy atom. The fourth-order valence-corrected chi connectivity index (χ4v) is 3.37. The van der Waals surface area contributed by atoms with Gasteiger partial charge in [-0.15, -0.1) is 11.3 Å². The van der Waals surface area contributed by atoms with Gasteiger partial charge in [-0.05, 0) is 31.0 Å². The number of thiophene rings is 1. The summed E-state index contributed by atoms with van der Waals surface area (Å²) in [6.07, 6.45) is 1.19. The zero-order chi connectivity index (χ0) is 13.0. The summed E-state index contributed by atoms with van der Waals surface area (Å²) in [7, 11) is 0. The topological polar surface area (TPSA) is 23.6 Å². The van der Waals surface area contributed by atoms with Crippen molar-refractivity contribution >= 4 is 17.1 Å². The maximum atomic E-state index is 12.0. The van der Waals surface area contributed by atoms with E-state index in [9.17, 15) is 4.79 Å². The first kappa shape index (κ1) is 13.7. The summed E-state index contributed by atoms with van der Waals surface area (Å²) in [5.41, 5.74) is 0. The van der Waals surface area contributed by atoms with Crippen molar-refractivity contribution in [1.82, 2.24) is 9.80 Å². The number of Topliss-reactive ketones (excluding diaryl/α,β-unsaturated/α-hetero) is 1. The molecule has 1 fully saturated rings. The van der Waals surface area contributed by atoms with Gasteiger partial charge in [0.25, 0.3) is 0 Å². The average Bonchev–Trinajstić information content (AvgIpc) is 3.01. The van der Waals surface area contributed by atoms with Crippen LogP contribution in [0.15, 0.2) is 17.5 Å². The van der Waals surface area contributed by atoms with Crippen LogP contribution in [-0.4, -0.2) is 54.3 Å². The van der Waals surface area contributed by atoms with Crippen LogP contribution in [0.1, 0.15) is 29.9 Å². The highest BCUT2D eigenvalue weighted by Gasteiger charge is 2.27. The van der Waals surface area contributed by atoms with E-state index in [2.05, 4.69) is 23.6 Å². The molecule has 2 heterocycles. The number of likely N-dealkylation sites (tertiary alicyclic amines) is 1. The molecule has 2 rings (SSSR count). The number of carbonyl (C=O) groups excluding carboxylic acids is 1. The van der Waals surface area contributed by atoms with Crippen LogP contribution in [0.3, 0.4) is 0 Å². The molecule has 0 amide bonds. The van der Waals surface area contributed by atoms with Gasteiger partial charge in [0.05, 0.1) is 11.4 Å². The minimum absolute atomic E-state index is 0.269. The van der Waals surface area contributed by atoms with Crippen molar-refractivity contribution in [1.29, 1.82) is 0 Å². The zero-order valence-electron chi connectivity index (χ0n) is 11.3. The monoisotopic (exact) mass is 266 g/mol. The number of carbonyl (C=O) groups is 1. The Bertz CT molecular complexity index is 373. The van der Waals surface area contributed by atoms with Gasteiger partial charge >= 0.3 is 0 Å². The molecular formula is C14H22N2OS. The third kappa shape index (κ3) is 3.19. The Labute approximate surface area is 113 Å². The molecule has 1 aromatic heterocycles. The van der Waals surface area contributed by atoms with Crippen molar-refractivity contribution in [3.8, 4) is 0 Å². The highest BCUT2D eigenvalue weighted by Crippen LogP contribution is 2.17. The van der Waals surface area contributed by atoms with Crippen molar-refractivity contribution in [2.45, 2.75) is 26.3 Å². The highest BCUT2D eigenvalue weighted by molar-refractivity contribution is 7.12. The van der Waals surface area contributed by atoms with E-state index < -0.39 is 0 Å². The Balaban J connectivity index is 1.84. The first-order valence-electron chi connectivity index (χ1n) is 6.77. The minimum Gasteiger partial charge on any atom is -0.300 e. The Morgan fingerprint density at radius 2 is 2.28 bits per heavy atom. The van der Waals surface area contributed by atoms with Crippen molar-refractivity contribution in [2.75, 3.05) is 32.7 Å². The van der Waals surface area contributed by atoms with Crippen LogP contribution in [0.5, 0.6) is 0 Å². The summed E-state index contributed by atoms with van der Waals surface area (Å²) < 4.78 is 0. The van der Waals surface area contributed by atoms with E-state index in [0.29, 0.717) is 12.6 Å². The first-order chi connectivity index (χ1) is 8.74. The molecular weight excluding hydrogens is 244 g/mol. The number of hydrogen-bond acceptors (Lipinski definition) is 4. The van der Waals surface area contributed by atoms with Crippen molar-refractivity contribution < 1.29 is 4.79 Å². The second-order valence-electron chi connectivity index (χ2n) is 4.80. The van der Waals surface area contributed by atoms with E-state index >= 15 is 0 Å². The lowest BCUT2D eigenvalue weighted by molar-refractivity contribution is 0.0943. The molecule has 3 nitrogen and oxygen atoms in total. The molecule has 1 unspecified atom stereocenters. The van der Waals surface area contributed by atoms with Gasteiger partial charge in [-0.1, -0.05) is 19.9 Å². The molecule has 0 aliphatic carbocycles. The smallest absolute Gasteiger partial charge is 0.186 e. The summed E-state index contributed by atoms with van der Waals surface area (Å²) >= 11 is 1.54.